The van der Waals surface area contributed by atoms with Crippen LogP contribution in [0.3, 0.4) is 0 Å². The van der Waals surface area contributed by atoms with Crippen molar-refractivity contribution in [2.24, 2.45) is 0 Å². The standard InChI is InChI=1S/C20H26N2O3/c1-14(12-15-8-10-17(23)11-9-15)22(2)20(24)18-13-25-19(21-18)16-6-4-3-5-7-16/h8-11,13-14,16,23H,3-7,12H2,1-2H3. The molecule has 1 aromatic carbocycles. The summed E-state index contributed by atoms with van der Waals surface area (Å²) in [6, 6.07) is 7.10. The maximum absolute atomic E-state index is 12.7. The third-order valence-corrected chi connectivity index (χ3v) is 5.14. The van der Waals surface area contributed by atoms with E-state index in [1.807, 2.05) is 19.1 Å². The molecule has 0 bridgehead atoms. The number of phenolic OH excluding ortho intramolecular Hbond substituents is 1. The molecular formula is C20H26N2O3. The number of phenols is 1. The van der Waals surface area contributed by atoms with Crippen LogP contribution in [0.4, 0.5) is 0 Å². The molecule has 5 nitrogen and oxygen atoms in total. The van der Waals surface area contributed by atoms with Gasteiger partial charge in [-0.2, -0.15) is 0 Å². The van der Waals surface area contributed by atoms with Gasteiger partial charge in [0.1, 0.15) is 12.0 Å². The fourth-order valence-electron chi connectivity index (χ4n) is 3.41. The number of nitrogens with zero attached hydrogens (tertiary/aromatic N) is 2. The predicted octanol–water partition coefficient (Wildman–Crippen LogP) is 4.13. The zero-order chi connectivity index (χ0) is 17.8. The molecule has 134 valence electrons. The van der Waals surface area contributed by atoms with Gasteiger partial charge in [0, 0.05) is 19.0 Å². The van der Waals surface area contributed by atoms with Crippen molar-refractivity contribution in [2.45, 2.75) is 57.4 Å². The second-order valence-electron chi connectivity index (χ2n) is 7.04. The summed E-state index contributed by atoms with van der Waals surface area (Å²) >= 11 is 0. The van der Waals surface area contributed by atoms with Crippen molar-refractivity contribution in [3.8, 4) is 5.75 Å². The van der Waals surface area contributed by atoms with Gasteiger partial charge in [-0.25, -0.2) is 4.98 Å². The van der Waals surface area contributed by atoms with Crippen molar-refractivity contribution in [3.05, 3.63) is 47.7 Å². The molecular weight excluding hydrogens is 316 g/mol. The normalized spacial score (nSPS) is 16.6. The largest absolute Gasteiger partial charge is 0.508 e. The van der Waals surface area contributed by atoms with E-state index < -0.39 is 0 Å². The van der Waals surface area contributed by atoms with Crippen molar-refractivity contribution in [1.29, 1.82) is 0 Å². The highest BCUT2D eigenvalue weighted by atomic mass is 16.3. The first-order valence-electron chi connectivity index (χ1n) is 9.05. The SMILES string of the molecule is CC(Cc1ccc(O)cc1)N(C)C(=O)c1coc(C2CCCCC2)n1. The molecule has 5 heteroatoms. The summed E-state index contributed by atoms with van der Waals surface area (Å²) in [6.07, 6.45) is 8.11. The molecule has 1 saturated carbocycles. The van der Waals surface area contributed by atoms with Crippen molar-refractivity contribution in [3.63, 3.8) is 0 Å². The molecule has 1 heterocycles. The van der Waals surface area contributed by atoms with E-state index in [-0.39, 0.29) is 17.7 Å². The molecule has 1 atom stereocenters. The van der Waals surface area contributed by atoms with Crippen LogP contribution in [0, 0.1) is 0 Å². The van der Waals surface area contributed by atoms with Crippen LogP contribution in [0.15, 0.2) is 34.9 Å². The van der Waals surface area contributed by atoms with E-state index in [2.05, 4.69) is 4.98 Å². The van der Waals surface area contributed by atoms with Crippen LogP contribution in [0.25, 0.3) is 0 Å². The minimum Gasteiger partial charge on any atom is -0.508 e. The van der Waals surface area contributed by atoms with Gasteiger partial charge in [-0.3, -0.25) is 4.79 Å². The molecule has 1 fully saturated rings. The lowest BCUT2D eigenvalue weighted by Crippen LogP contribution is -2.36. The fraction of sp³-hybridized carbons (Fsp3) is 0.500. The topological polar surface area (TPSA) is 66.6 Å². The third kappa shape index (κ3) is 4.21. The van der Waals surface area contributed by atoms with Gasteiger partial charge in [-0.1, -0.05) is 31.4 Å². The van der Waals surface area contributed by atoms with Crippen molar-refractivity contribution >= 4 is 5.91 Å². The number of benzene rings is 1. The molecule has 0 aliphatic heterocycles. The molecule has 2 aromatic rings. The zero-order valence-electron chi connectivity index (χ0n) is 14.9. The minimum atomic E-state index is -0.114. The summed E-state index contributed by atoms with van der Waals surface area (Å²) in [6.45, 7) is 2.01. The Bertz CT molecular complexity index is 702. The van der Waals surface area contributed by atoms with Gasteiger partial charge in [0.05, 0.1) is 0 Å². The van der Waals surface area contributed by atoms with Crippen LogP contribution >= 0.6 is 0 Å². The number of carbonyl (C=O) groups is 1. The molecule has 25 heavy (non-hydrogen) atoms. The number of likely N-dealkylation sites (N-methyl/N-ethyl adjacent to an activating group) is 1. The van der Waals surface area contributed by atoms with E-state index >= 15 is 0 Å². The summed E-state index contributed by atoms with van der Waals surface area (Å²) in [5.74, 6) is 1.20. The summed E-state index contributed by atoms with van der Waals surface area (Å²) in [5, 5.41) is 9.36. The lowest BCUT2D eigenvalue weighted by molar-refractivity contribution is 0.0737. The second-order valence-corrected chi connectivity index (χ2v) is 7.04. The van der Waals surface area contributed by atoms with Crippen LogP contribution in [0.5, 0.6) is 5.75 Å². The molecule has 1 N–H and O–H groups in total. The number of oxazole rings is 1. The zero-order valence-corrected chi connectivity index (χ0v) is 14.9. The van der Waals surface area contributed by atoms with Gasteiger partial charge >= 0.3 is 0 Å². The molecule has 0 saturated heterocycles. The average Bonchev–Trinajstić information content (AvgIpc) is 3.13. The highest BCUT2D eigenvalue weighted by Crippen LogP contribution is 2.32. The van der Waals surface area contributed by atoms with E-state index in [0.717, 1.165) is 24.8 Å². The molecule has 1 aliphatic carbocycles. The fourth-order valence-corrected chi connectivity index (χ4v) is 3.41. The van der Waals surface area contributed by atoms with E-state index in [1.165, 1.54) is 25.5 Å². The average molecular weight is 342 g/mol. The Morgan fingerprint density at radius 1 is 1.28 bits per heavy atom. The Hall–Kier alpha value is -2.30. The quantitative estimate of drug-likeness (QED) is 0.887. The summed E-state index contributed by atoms with van der Waals surface area (Å²) in [4.78, 5) is 18.9. The van der Waals surface area contributed by atoms with E-state index in [1.54, 1.807) is 24.1 Å². The first kappa shape index (κ1) is 17.5. The Morgan fingerprint density at radius 3 is 2.64 bits per heavy atom. The summed E-state index contributed by atoms with van der Waals surface area (Å²) in [7, 11) is 1.79. The lowest BCUT2D eigenvalue weighted by Gasteiger charge is -2.24. The summed E-state index contributed by atoms with van der Waals surface area (Å²) in [5.41, 5.74) is 1.47. The third-order valence-electron chi connectivity index (χ3n) is 5.14. The van der Waals surface area contributed by atoms with Gasteiger partial charge in [-0.15, -0.1) is 0 Å². The second kappa shape index (κ2) is 7.72. The Balaban J connectivity index is 1.63. The van der Waals surface area contributed by atoms with Crippen LogP contribution in [0.1, 0.15) is 66.9 Å². The Labute approximate surface area is 148 Å². The lowest BCUT2D eigenvalue weighted by atomic mass is 9.89. The number of aromatic hydroxyl groups is 1. The molecule has 1 aromatic heterocycles. The predicted molar refractivity (Wildman–Crippen MR) is 95.7 cm³/mol. The number of rotatable bonds is 5. The van der Waals surface area contributed by atoms with Crippen LogP contribution in [-0.2, 0) is 6.42 Å². The van der Waals surface area contributed by atoms with E-state index in [4.69, 9.17) is 4.42 Å². The molecule has 1 unspecified atom stereocenters. The molecule has 0 spiro atoms. The monoisotopic (exact) mass is 342 g/mol. The minimum absolute atomic E-state index is 0.0203. The van der Waals surface area contributed by atoms with E-state index in [0.29, 0.717) is 17.5 Å². The molecule has 3 rings (SSSR count). The number of amides is 1. The Kier molecular flexibility index (Phi) is 5.41. The van der Waals surface area contributed by atoms with Gasteiger partial charge in [0.2, 0.25) is 0 Å². The number of hydrogen-bond donors (Lipinski definition) is 1. The van der Waals surface area contributed by atoms with Gasteiger partial charge < -0.3 is 14.4 Å². The van der Waals surface area contributed by atoms with Crippen molar-refractivity contribution in [2.75, 3.05) is 7.05 Å². The Morgan fingerprint density at radius 2 is 1.96 bits per heavy atom. The highest BCUT2D eigenvalue weighted by Gasteiger charge is 2.25. The number of carbonyl (C=O) groups excluding carboxylic acids is 1. The maximum Gasteiger partial charge on any atom is 0.275 e. The van der Waals surface area contributed by atoms with Gasteiger partial charge in [0.15, 0.2) is 11.6 Å². The molecule has 1 aliphatic rings. The van der Waals surface area contributed by atoms with Crippen molar-refractivity contribution in [1.82, 2.24) is 9.88 Å². The summed E-state index contributed by atoms with van der Waals surface area (Å²) < 4.78 is 5.60. The highest BCUT2D eigenvalue weighted by molar-refractivity contribution is 5.92. The molecule has 1 amide bonds. The number of hydrogen-bond acceptors (Lipinski definition) is 4. The van der Waals surface area contributed by atoms with Crippen molar-refractivity contribution < 1.29 is 14.3 Å². The van der Waals surface area contributed by atoms with Gasteiger partial charge in [-0.05, 0) is 43.9 Å². The number of aromatic nitrogens is 1. The van der Waals surface area contributed by atoms with Crippen LogP contribution in [0.2, 0.25) is 0 Å². The van der Waals surface area contributed by atoms with Crippen LogP contribution in [-0.4, -0.2) is 34.0 Å². The maximum atomic E-state index is 12.7. The first-order valence-corrected chi connectivity index (χ1v) is 9.05. The molecule has 0 radical (unpaired) electrons. The van der Waals surface area contributed by atoms with Gasteiger partial charge in [0.25, 0.3) is 5.91 Å². The first-order chi connectivity index (χ1) is 12.0. The van der Waals surface area contributed by atoms with Crippen LogP contribution < -0.4 is 0 Å². The van der Waals surface area contributed by atoms with E-state index in [9.17, 15) is 9.90 Å². The smallest absolute Gasteiger partial charge is 0.275 e.